The number of carbonyl (C=O) groups is 1. The third kappa shape index (κ3) is 3.34. The van der Waals surface area contributed by atoms with Crippen LogP contribution in [0.15, 0.2) is 24.3 Å². The van der Waals surface area contributed by atoms with Gasteiger partial charge in [-0.2, -0.15) is 0 Å². The van der Waals surface area contributed by atoms with Crippen LogP contribution in [-0.2, 0) is 4.79 Å². The van der Waals surface area contributed by atoms with Crippen LogP contribution in [0.5, 0.6) is 0 Å². The Morgan fingerprint density at radius 2 is 2.00 bits per heavy atom. The summed E-state index contributed by atoms with van der Waals surface area (Å²) >= 11 is 1.87. The Bertz CT molecular complexity index is 451. The van der Waals surface area contributed by atoms with Crippen LogP contribution in [0.2, 0.25) is 0 Å². The molecular formula is C11H13NO2S. The fraction of sp³-hybridized carbons (Fsp3) is 0.182. The first-order valence-electron chi connectivity index (χ1n) is 4.47. The average Bonchev–Trinajstić information content (AvgIpc) is 2.58. The van der Waals surface area contributed by atoms with Crippen molar-refractivity contribution in [2.45, 2.75) is 13.8 Å². The second-order valence-electron chi connectivity index (χ2n) is 3.15. The molecule has 1 heterocycles. The van der Waals surface area contributed by atoms with Crippen LogP contribution in [0.1, 0.15) is 10.4 Å². The first-order chi connectivity index (χ1) is 7.17. The van der Waals surface area contributed by atoms with Gasteiger partial charge in [-0.3, -0.25) is 10.0 Å². The quantitative estimate of drug-likeness (QED) is 0.443. The summed E-state index contributed by atoms with van der Waals surface area (Å²) in [5, 5.41) is 8.63. The summed E-state index contributed by atoms with van der Waals surface area (Å²) in [4.78, 5) is 10.2. The van der Waals surface area contributed by atoms with Gasteiger partial charge in [0, 0.05) is 9.58 Å². The van der Waals surface area contributed by atoms with E-state index in [-0.39, 0.29) is 6.41 Å². The SMILES string of the molecule is Cc1ccc2cc(C)sc2c1.O=CNO. The van der Waals surface area contributed by atoms with Gasteiger partial charge in [0.15, 0.2) is 0 Å². The molecule has 80 valence electrons. The molecule has 2 rings (SSSR count). The largest absolute Gasteiger partial charge is 0.289 e. The van der Waals surface area contributed by atoms with E-state index >= 15 is 0 Å². The smallest absolute Gasteiger partial charge is 0.230 e. The molecule has 0 aliphatic rings. The summed E-state index contributed by atoms with van der Waals surface area (Å²) in [5.41, 5.74) is 2.60. The number of amides is 1. The number of rotatable bonds is 1. The molecule has 0 aliphatic carbocycles. The molecule has 3 nitrogen and oxygen atoms in total. The van der Waals surface area contributed by atoms with Gasteiger partial charge in [0.25, 0.3) is 0 Å². The standard InChI is InChI=1S/C10H10S.CH3NO2/c1-7-3-4-9-6-8(2)11-10(9)5-7;3-1-2-4/h3-6H,1-2H3;1,4H,(H,2,3). The van der Waals surface area contributed by atoms with E-state index in [1.807, 2.05) is 11.3 Å². The van der Waals surface area contributed by atoms with Gasteiger partial charge < -0.3 is 0 Å². The summed E-state index contributed by atoms with van der Waals surface area (Å²) in [6.07, 6.45) is 0.181. The number of hydrogen-bond acceptors (Lipinski definition) is 3. The second-order valence-corrected chi connectivity index (χ2v) is 4.43. The predicted octanol–water partition coefficient (Wildman–Crippen LogP) is 2.64. The molecule has 15 heavy (non-hydrogen) atoms. The molecule has 0 aliphatic heterocycles. The van der Waals surface area contributed by atoms with Gasteiger partial charge in [0.2, 0.25) is 6.41 Å². The van der Waals surface area contributed by atoms with E-state index in [1.165, 1.54) is 26.0 Å². The van der Waals surface area contributed by atoms with Crippen molar-refractivity contribution in [3.63, 3.8) is 0 Å². The summed E-state index contributed by atoms with van der Waals surface area (Å²) < 4.78 is 1.41. The summed E-state index contributed by atoms with van der Waals surface area (Å²) in [6, 6.07) is 8.83. The molecule has 0 atom stereocenters. The van der Waals surface area contributed by atoms with Crippen LogP contribution in [0.3, 0.4) is 0 Å². The first kappa shape index (κ1) is 11.7. The van der Waals surface area contributed by atoms with E-state index in [4.69, 9.17) is 10.0 Å². The van der Waals surface area contributed by atoms with Crippen LogP contribution >= 0.6 is 11.3 Å². The number of hydrogen-bond donors (Lipinski definition) is 2. The molecule has 0 unspecified atom stereocenters. The molecule has 0 radical (unpaired) electrons. The minimum absolute atomic E-state index is 0.181. The van der Waals surface area contributed by atoms with Gasteiger partial charge in [-0.05, 0) is 36.9 Å². The topological polar surface area (TPSA) is 49.3 Å². The molecule has 2 N–H and O–H groups in total. The average molecular weight is 223 g/mol. The third-order valence-electron chi connectivity index (χ3n) is 1.85. The number of benzene rings is 1. The molecule has 1 amide bonds. The molecule has 0 saturated carbocycles. The van der Waals surface area contributed by atoms with E-state index in [2.05, 4.69) is 38.1 Å². The maximum Gasteiger partial charge on any atom is 0.230 e. The van der Waals surface area contributed by atoms with E-state index < -0.39 is 0 Å². The normalized spacial score (nSPS) is 9.27. The molecule has 1 aromatic heterocycles. The molecular weight excluding hydrogens is 210 g/mol. The Kier molecular flexibility index (Phi) is 4.27. The van der Waals surface area contributed by atoms with Crippen molar-refractivity contribution in [1.29, 1.82) is 0 Å². The maximum absolute atomic E-state index is 8.81. The molecule has 0 saturated heterocycles. The van der Waals surface area contributed by atoms with Crippen molar-refractivity contribution in [2.24, 2.45) is 0 Å². The Morgan fingerprint density at radius 1 is 1.33 bits per heavy atom. The second kappa shape index (κ2) is 5.48. The van der Waals surface area contributed by atoms with Gasteiger partial charge in [-0.1, -0.05) is 12.1 Å². The highest BCUT2D eigenvalue weighted by Gasteiger charge is 1.96. The highest BCUT2D eigenvalue weighted by atomic mass is 32.1. The zero-order chi connectivity index (χ0) is 11.3. The molecule has 0 fully saturated rings. The fourth-order valence-electron chi connectivity index (χ4n) is 1.27. The lowest BCUT2D eigenvalue weighted by molar-refractivity contribution is -0.116. The molecule has 2 aromatic rings. The monoisotopic (exact) mass is 223 g/mol. The third-order valence-corrected chi connectivity index (χ3v) is 2.86. The Balaban J connectivity index is 0.000000245. The first-order valence-corrected chi connectivity index (χ1v) is 5.29. The molecule has 4 heteroatoms. The summed E-state index contributed by atoms with van der Waals surface area (Å²) in [7, 11) is 0. The molecule has 0 spiro atoms. The van der Waals surface area contributed by atoms with Crippen molar-refractivity contribution in [2.75, 3.05) is 0 Å². The Labute approximate surface area is 92.3 Å². The van der Waals surface area contributed by atoms with Crippen molar-refractivity contribution in [3.8, 4) is 0 Å². The zero-order valence-corrected chi connectivity index (χ0v) is 9.47. The Morgan fingerprint density at radius 3 is 2.60 bits per heavy atom. The van der Waals surface area contributed by atoms with Crippen LogP contribution < -0.4 is 5.48 Å². The minimum Gasteiger partial charge on any atom is -0.289 e. The van der Waals surface area contributed by atoms with Gasteiger partial charge in [0.05, 0.1) is 0 Å². The van der Waals surface area contributed by atoms with Gasteiger partial charge in [0.1, 0.15) is 0 Å². The highest BCUT2D eigenvalue weighted by molar-refractivity contribution is 7.19. The number of hydroxylamine groups is 1. The van der Waals surface area contributed by atoms with Crippen molar-refractivity contribution >= 4 is 27.8 Å². The lowest BCUT2D eigenvalue weighted by Crippen LogP contribution is -1.99. The zero-order valence-electron chi connectivity index (χ0n) is 8.65. The van der Waals surface area contributed by atoms with Gasteiger partial charge in [-0.15, -0.1) is 11.3 Å². The van der Waals surface area contributed by atoms with Crippen LogP contribution in [0, 0.1) is 13.8 Å². The lowest BCUT2D eigenvalue weighted by Gasteiger charge is -1.89. The van der Waals surface area contributed by atoms with Crippen molar-refractivity contribution in [1.82, 2.24) is 5.48 Å². The summed E-state index contributed by atoms with van der Waals surface area (Å²) in [6.45, 7) is 4.29. The maximum atomic E-state index is 8.81. The van der Waals surface area contributed by atoms with Gasteiger partial charge in [-0.25, -0.2) is 5.48 Å². The molecule has 1 aromatic carbocycles. The summed E-state index contributed by atoms with van der Waals surface area (Å²) in [5.74, 6) is 0. The van der Waals surface area contributed by atoms with E-state index in [1.54, 1.807) is 0 Å². The number of fused-ring (bicyclic) bond motifs is 1. The van der Waals surface area contributed by atoms with E-state index in [0.717, 1.165) is 0 Å². The van der Waals surface area contributed by atoms with E-state index in [0.29, 0.717) is 0 Å². The lowest BCUT2D eigenvalue weighted by atomic mass is 10.2. The number of thiophene rings is 1. The van der Waals surface area contributed by atoms with Crippen LogP contribution in [-0.4, -0.2) is 11.6 Å². The van der Waals surface area contributed by atoms with Crippen molar-refractivity contribution in [3.05, 3.63) is 34.7 Å². The van der Waals surface area contributed by atoms with Crippen LogP contribution in [0.4, 0.5) is 0 Å². The Hall–Kier alpha value is -1.39. The predicted molar refractivity (Wildman–Crippen MR) is 62.3 cm³/mol. The fourth-order valence-corrected chi connectivity index (χ4v) is 2.29. The van der Waals surface area contributed by atoms with Crippen LogP contribution in [0.25, 0.3) is 10.1 Å². The number of carbonyl (C=O) groups excluding carboxylic acids is 1. The number of aryl methyl sites for hydroxylation is 2. The highest BCUT2D eigenvalue weighted by Crippen LogP contribution is 2.25. The minimum atomic E-state index is 0.181. The van der Waals surface area contributed by atoms with Gasteiger partial charge >= 0.3 is 0 Å². The molecule has 0 bridgehead atoms. The van der Waals surface area contributed by atoms with Crippen molar-refractivity contribution < 1.29 is 10.0 Å². The number of nitrogens with one attached hydrogen (secondary N) is 1. The van der Waals surface area contributed by atoms with E-state index in [9.17, 15) is 0 Å².